The molecule has 6 rings (SSSR count). The van der Waals surface area contributed by atoms with E-state index in [9.17, 15) is 4.79 Å². The molecule has 3 fully saturated rings. The molecule has 168 valence electrons. The van der Waals surface area contributed by atoms with Crippen molar-refractivity contribution in [2.45, 2.75) is 69.6 Å². The molecule has 0 aliphatic carbocycles. The molecule has 32 heavy (non-hydrogen) atoms. The Labute approximate surface area is 190 Å². The van der Waals surface area contributed by atoms with Crippen LogP contribution < -0.4 is 16.0 Å². The quantitative estimate of drug-likeness (QED) is 0.471. The number of rotatable bonds is 5. The van der Waals surface area contributed by atoms with E-state index in [1.54, 1.807) is 11.3 Å². The zero-order valence-corrected chi connectivity index (χ0v) is 18.9. The van der Waals surface area contributed by atoms with Crippen molar-refractivity contribution < 1.29 is 4.79 Å². The van der Waals surface area contributed by atoms with Crippen molar-refractivity contribution in [1.29, 1.82) is 0 Å². The summed E-state index contributed by atoms with van der Waals surface area (Å²) in [5.74, 6) is 2.44. The lowest BCUT2D eigenvalue weighted by Gasteiger charge is -2.40. The standard InChI is InChI=1S/C22H28N8OS/c1-12-9-18(29-28-12)25-19-16-6-8-32-20(16)27-22(26-19)24-13-10-14-4-5-15(11-13)30(14)21(31)17-3-2-7-23-17/h6,8-9,13-15,17,23H,2-5,7,10-11H2,1H3,(H3,24,25,26,27,28,29)/t13-,14-,15+,17-/m1/s1. The van der Waals surface area contributed by atoms with Crippen LogP contribution in [0.3, 0.4) is 0 Å². The van der Waals surface area contributed by atoms with Gasteiger partial charge in [0.2, 0.25) is 11.9 Å². The number of aryl methyl sites for hydroxylation is 1. The van der Waals surface area contributed by atoms with E-state index < -0.39 is 0 Å². The molecule has 9 nitrogen and oxygen atoms in total. The van der Waals surface area contributed by atoms with E-state index in [2.05, 4.69) is 31.0 Å². The Hall–Kier alpha value is -2.72. The van der Waals surface area contributed by atoms with Crippen LogP contribution in [0.25, 0.3) is 10.2 Å². The van der Waals surface area contributed by atoms with Gasteiger partial charge in [-0.3, -0.25) is 9.89 Å². The van der Waals surface area contributed by atoms with Gasteiger partial charge in [0.25, 0.3) is 0 Å². The van der Waals surface area contributed by atoms with Gasteiger partial charge in [0.15, 0.2) is 5.82 Å². The molecule has 3 aromatic rings. The number of hydrogen-bond donors (Lipinski definition) is 4. The predicted molar refractivity (Wildman–Crippen MR) is 125 cm³/mol. The van der Waals surface area contributed by atoms with Crippen LogP contribution in [0.15, 0.2) is 17.5 Å². The summed E-state index contributed by atoms with van der Waals surface area (Å²) < 4.78 is 0. The number of piperidine rings is 1. The van der Waals surface area contributed by atoms with Crippen molar-refractivity contribution in [1.82, 2.24) is 30.4 Å². The predicted octanol–water partition coefficient (Wildman–Crippen LogP) is 3.15. The minimum atomic E-state index is 0.0199. The van der Waals surface area contributed by atoms with Gasteiger partial charge in [-0.1, -0.05) is 0 Å². The molecule has 0 aromatic carbocycles. The van der Waals surface area contributed by atoms with Crippen molar-refractivity contribution >= 4 is 45.0 Å². The first-order valence-electron chi connectivity index (χ1n) is 11.5. The van der Waals surface area contributed by atoms with Crippen LogP contribution in [-0.2, 0) is 4.79 Å². The Balaban J connectivity index is 1.19. The lowest BCUT2D eigenvalue weighted by atomic mass is 9.96. The van der Waals surface area contributed by atoms with Gasteiger partial charge in [-0.05, 0) is 63.4 Å². The Morgan fingerprint density at radius 3 is 2.78 bits per heavy atom. The molecule has 3 aromatic heterocycles. The number of carbonyl (C=O) groups excluding carboxylic acids is 1. The summed E-state index contributed by atoms with van der Waals surface area (Å²) in [7, 11) is 0. The molecule has 0 radical (unpaired) electrons. The van der Waals surface area contributed by atoms with Crippen LogP contribution in [-0.4, -0.2) is 61.7 Å². The number of aromatic amines is 1. The van der Waals surface area contributed by atoms with E-state index in [0.29, 0.717) is 23.9 Å². The van der Waals surface area contributed by atoms with Gasteiger partial charge in [0.1, 0.15) is 10.6 Å². The van der Waals surface area contributed by atoms with Crippen LogP contribution >= 0.6 is 11.3 Å². The van der Waals surface area contributed by atoms with E-state index in [0.717, 1.165) is 72.6 Å². The monoisotopic (exact) mass is 452 g/mol. The SMILES string of the molecule is Cc1cc(Nc2nc(N[C@@H]3C[C@H]4CC[C@@H](C3)N4C(=O)[C@H]3CCCN3)nc3sccc23)n[nH]1. The summed E-state index contributed by atoms with van der Waals surface area (Å²) in [6, 6.07) is 4.91. The Bertz CT molecular complexity index is 1120. The Morgan fingerprint density at radius 2 is 2.06 bits per heavy atom. The zero-order valence-electron chi connectivity index (χ0n) is 18.1. The number of thiophene rings is 1. The molecule has 4 atom stereocenters. The molecular formula is C22H28N8OS. The topological polar surface area (TPSA) is 111 Å². The molecular weight excluding hydrogens is 424 g/mol. The number of nitrogens with zero attached hydrogens (tertiary/aromatic N) is 4. The number of H-pyrrole nitrogens is 1. The van der Waals surface area contributed by atoms with Crippen LogP contribution in [0.5, 0.6) is 0 Å². The fourth-order valence-corrected chi connectivity index (χ4v) is 6.30. The van der Waals surface area contributed by atoms with Crippen LogP contribution in [0.1, 0.15) is 44.2 Å². The number of anilines is 3. The average Bonchev–Trinajstić information content (AvgIpc) is 3.56. The highest BCUT2D eigenvalue weighted by atomic mass is 32.1. The summed E-state index contributed by atoms with van der Waals surface area (Å²) >= 11 is 1.61. The summed E-state index contributed by atoms with van der Waals surface area (Å²) in [5, 5.41) is 20.5. The van der Waals surface area contributed by atoms with Crippen molar-refractivity contribution in [3.05, 3.63) is 23.2 Å². The minimum absolute atomic E-state index is 0.0199. The number of fused-ring (bicyclic) bond motifs is 3. The third-order valence-electron chi connectivity index (χ3n) is 6.96. The second kappa shape index (κ2) is 8.00. The smallest absolute Gasteiger partial charge is 0.240 e. The van der Waals surface area contributed by atoms with E-state index in [-0.39, 0.29) is 12.1 Å². The lowest BCUT2D eigenvalue weighted by molar-refractivity contribution is -0.137. The Kier molecular flexibility index (Phi) is 4.98. The number of aromatic nitrogens is 4. The maximum atomic E-state index is 13.1. The summed E-state index contributed by atoms with van der Waals surface area (Å²) in [6.07, 6.45) is 6.15. The number of carbonyl (C=O) groups is 1. The fourth-order valence-electron chi connectivity index (χ4n) is 5.53. The summed E-state index contributed by atoms with van der Waals surface area (Å²) in [4.78, 5) is 25.8. The molecule has 3 aliphatic heterocycles. The van der Waals surface area contributed by atoms with Gasteiger partial charge >= 0.3 is 0 Å². The first-order chi connectivity index (χ1) is 15.6. The molecule has 6 heterocycles. The maximum Gasteiger partial charge on any atom is 0.240 e. The van der Waals surface area contributed by atoms with Crippen LogP contribution in [0, 0.1) is 6.92 Å². The van der Waals surface area contributed by atoms with E-state index in [1.807, 2.05) is 24.4 Å². The third kappa shape index (κ3) is 3.61. The first-order valence-corrected chi connectivity index (χ1v) is 12.4. The van der Waals surface area contributed by atoms with Gasteiger partial charge < -0.3 is 20.9 Å². The van der Waals surface area contributed by atoms with Crippen molar-refractivity contribution in [2.24, 2.45) is 0 Å². The number of nitrogens with one attached hydrogen (secondary N) is 4. The molecule has 3 saturated heterocycles. The van der Waals surface area contributed by atoms with Crippen LogP contribution in [0.4, 0.5) is 17.6 Å². The second-order valence-corrected chi connectivity index (χ2v) is 10.1. The molecule has 0 saturated carbocycles. The van der Waals surface area contributed by atoms with E-state index >= 15 is 0 Å². The lowest BCUT2D eigenvalue weighted by Crippen LogP contribution is -2.54. The molecule has 1 amide bonds. The summed E-state index contributed by atoms with van der Waals surface area (Å²) in [6.45, 7) is 2.93. The zero-order chi connectivity index (χ0) is 21.7. The van der Waals surface area contributed by atoms with Crippen molar-refractivity contribution in [3.8, 4) is 0 Å². The van der Waals surface area contributed by atoms with E-state index in [4.69, 9.17) is 9.97 Å². The van der Waals surface area contributed by atoms with Crippen molar-refractivity contribution in [3.63, 3.8) is 0 Å². The van der Waals surface area contributed by atoms with Gasteiger partial charge in [-0.15, -0.1) is 11.3 Å². The van der Waals surface area contributed by atoms with Gasteiger partial charge in [0.05, 0.1) is 11.4 Å². The highest BCUT2D eigenvalue weighted by Gasteiger charge is 2.45. The fraction of sp³-hybridized carbons (Fsp3) is 0.545. The highest BCUT2D eigenvalue weighted by Crippen LogP contribution is 2.38. The number of hydrogen-bond acceptors (Lipinski definition) is 8. The molecule has 0 unspecified atom stereocenters. The number of amides is 1. The highest BCUT2D eigenvalue weighted by molar-refractivity contribution is 7.16. The molecule has 2 bridgehead atoms. The third-order valence-corrected chi connectivity index (χ3v) is 7.76. The van der Waals surface area contributed by atoms with Gasteiger partial charge in [-0.25, -0.2) is 4.98 Å². The van der Waals surface area contributed by atoms with Gasteiger partial charge in [-0.2, -0.15) is 10.1 Å². The molecule has 4 N–H and O–H groups in total. The van der Waals surface area contributed by atoms with Crippen molar-refractivity contribution in [2.75, 3.05) is 17.2 Å². The minimum Gasteiger partial charge on any atom is -0.351 e. The molecule has 0 spiro atoms. The summed E-state index contributed by atoms with van der Waals surface area (Å²) in [5.41, 5.74) is 0.992. The Morgan fingerprint density at radius 1 is 1.22 bits per heavy atom. The molecule has 3 aliphatic rings. The maximum absolute atomic E-state index is 13.1. The second-order valence-electron chi connectivity index (χ2n) is 9.19. The van der Waals surface area contributed by atoms with Crippen LogP contribution in [0.2, 0.25) is 0 Å². The first kappa shape index (κ1) is 19.9. The van der Waals surface area contributed by atoms with E-state index in [1.165, 1.54) is 0 Å². The average molecular weight is 453 g/mol. The molecule has 10 heteroatoms. The largest absolute Gasteiger partial charge is 0.351 e. The van der Waals surface area contributed by atoms with Gasteiger partial charge in [0, 0.05) is 29.9 Å². The normalized spacial score (nSPS) is 27.2.